The van der Waals surface area contributed by atoms with E-state index in [1.54, 1.807) is 0 Å². The van der Waals surface area contributed by atoms with Gasteiger partial charge in [0.1, 0.15) is 13.2 Å². The average molecular weight is 297 g/mol. The van der Waals surface area contributed by atoms with Crippen molar-refractivity contribution in [3.63, 3.8) is 0 Å². The Morgan fingerprint density at radius 2 is 1.90 bits per heavy atom. The molecule has 2 aliphatic rings. The molecule has 0 bridgehead atoms. The van der Waals surface area contributed by atoms with E-state index in [9.17, 15) is 8.42 Å². The van der Waals surface area contributed by atoms with Crippen LogP contribution in [0.1, 0.15) is 18.5 Å². The summed E-state index contributed by atoms with van der Waals surface area (Å²) in [7, 11) is -3.02. The van der Waals surface area contributed by atoms with Crippen LogP contribution in [0.2, 0.25) is 0 Å². The zero-order valence-electron chi connectivity index (χ0n) is 11.5. The number of rotatable bonds is 1. The Morgan fingerprint density at radius 1 is 1.15 bits per heavy atom. The predicted molar refractivity (Wildman–Crippen MR) is 76.0 cm³/mol. The first-order chi connectivity index (χ1) is 9.53. The summed E-state index contributed by atoms with van der Waals surface area (Å²) in [4.78, 5) is 0. The van der Waals surface area contributed by atoms with E-state index in [0.717, 1.165) is 11.3 Å². The van der Waals surface area contributed by atoms with Gasteiger partial charge in [-0.2, -0.15) is 0 Å². The number of hydrogen-bond donors (Lipinski definition) is 1. The van der Waals surface area contributed by atoms with Gasteiger partial charge >= 0.3 is 0 Å². The maximum atomic E-state index is 12.1. The third-order valence-electron chi connectivity index (χ3n) is 3.64. The molecule has 2 heterocycles. The molecule has 110 valence electrons. The number of ether oxygens (including phenoxy) is 2. The summed E-state index contributed by atoms with van der Waals surface area (Å²) in [6, 6.07) is 5.47. The maximum Gasteiger partial charge on any atom is 0.161 e. The monoisotopic (exact) mass is 297 g/mol. The van der Waals surface area contributed by atoms with Crippen molar-refractivity contribution in [1.82, 2.24) is 5.32 Å². The molecule has 1 saturated heterocycles. The lowest BCUT2D eigenvalue weighted by atomic mass is 10.1. The topological polar surface area (TPSA) is 64.6 Å². The van der Waals surface area contributed by atoms with Crippen molar-refractivity contribution in [2.45, 2.75) is 13.0 Å². The smallest absolute Gasteiger partial charge is 0.161 e. The zero-order chi connectivity index (χ0) is 14.2. The Bertz CT molecular complexity index is 599. The van der Waals surface area contributed by atoms with E-state index in [1.807, 2.05) is 25.1 Å². The standard InChI is InChI=1S/C14H19NO4S/c1-10-7-15-12(9-20(16,17)8-10)11-2-3-13-14(6-11)19-5-4-18-13/h2-3,6,10,12,15H,4-5,7-9H2,1H3. The Morgan fingerprint density at radius 3 is 2.70 bits per heavy atom. The molecule has 20 heavy (non-hydrogen) atoms. The summed E-state index contributed by atoms with van der Waals surface area (Å²) in [6.45, 7) is 3.75. The molecule has 3 rings (SSSR count). The van der Waals surface area contributed by atoms with Gasteiger partial charge in [-0.25, -0.2) is 8.42 Å². The molecule has 6 heteroatoms. The molecule has 0 aromatic heterocycles. The second-order valence-corrected chi connectivity index (χ2v) is 7.70. The number of nitrogens with one attached hydrogen (secondary N) is 1. The van der Waals surface area contributed by atoms with Crippen LogP contribution >= 0.6 is 0 Å². The SMILES string of the molecule is CC1CNC(c2ccc3c(c2)OCCO3)CS(=O)(=O)C1. The van der Waals surface area contributed by atoms with E-state index in [-0.39, 0.29) is 23.5 Å². The minimum atomic E-state index is -3.02. The van der Waals surface area contributed by atoms with E-state index in [0.29, 0.717) is 25.5 Å². The Labute approximate surface area is 119 Å². The van der Waals surface area contributed by atoms with Gasteiger partial charge in [0, 0.05) is 6.04 Å². The molecule has 2 atom stereocenters. The minimum Gasteiger partial charge on any atom is -0.486 e. The van der Waals surface area contributed by atoms with Gasteiger partial charge in [0.25, 0.3) is 0 Å². The molecule has 0 aliphatic carbocycles. The van der Waals surface area contributed by atoms with Gasteiger partial charge in [-0.1, -0.05) is 13.0 Å². The molecule has 1 N–H and O–H groups in total. The number of sulfone groups is 1. The Kier molecular flexibility index (Phi) is 3.60. The highest BCUT2D eigenvalue weighted by Gasteiger charge is 2.28. The van der Waals surface area contributed by atoms with Crippen LogP contribution in [0.3, 0.4) is 0 Å². The zero-order valence-corrected chi connectivity index (χ0v) is 12.3. The molecule has 0 amide bonds. The molecule has 2 aliphatic heterocycles. The summed E-state index contributed by atoms with van der Waals surface area (Å²) in [5.41, 5.74) is 0.937. The molecular formula is C14H19NO4S. The summed E-state index contributed by atoms with van der Waals surface area (Å²) in [5.74, 6) is 1.95. The van der Waals surface area contributed by atoms with Gasteiger partial charge in [-0.15, -0.1) is 0 Å². The summed E-state index contributed by atoms with van der Waals surface area (Å²) in [5, 5.41) is 3.33. The van der Waals surface area contributed by atoms with Crippen LogP contribution in [0.5, 0.6) is 11.5 Å². The van der Waals surface area contributed by atoms with Crippen LogP contribution in [0.15, 0.2) is 18.2 Å². The van der Waals surface area contributed by atoms with Gasteiger partial charge in [-0.05, 0) is 30.2 Å². The fraction of sp³-hybridized carbons (Fsp3) is 0.571. The van der Waals surface area contributed by atoms with Gasteiger partial charge < -0.3 is 14.8 Å². The van der Waals surface area contributed by atoms with Crippen molar-refractivity contribution >= 4 is 9.84 Å². The highest BCUT2D eigenvalue weighted by Crippen LogP contribution is 2.33. The number of hydrogen-bond acceptors (Lipinski definition) is 5. The molecular weight excluding hydrogens is 278 g/mol. The Hall–Kier alpha value is -1.27. The van der Waals surface area contributed by atoms with Gasteiger partial charge in [0.2, 0.25) is 0 Å². The predicted octanol–water partition coefficient (Wildman–Crippen LogP) is 1.15. The maximum absolute atomic E-state index is 12.1. The first kappa shape index (κ1) is 13.7. The Balaban J connectivity index is 1.88. The lowest BCUT2D eigenvalue weighted by Gasteiger charge is -2.22. The summed E-state index contributed by atoms with van der Waals surface area (Å²) in [6.07, 6.45) is 0. The molecule has 0 radical (unpaired) electrons. The van der Waals surface area contributed by atoms with Crippen molar-refractivity contribution in [3.8, 4) is 11.5 Å². The van der Waals surface area contributed by atoms with Crippen LogP contribution < -0.4 is 14.8 Å². The van der Waals surface area contributed by atoms with E-state index in [1.165, 1.54) is 0 Å². The van der Waals surface area contributed by atoms with Crippen molar-refractivity contribution < 1.29 is 17.9 Å². The largest absolute Gasteiger partial charge is 0.486 e. The fourth-order valence-electron chi connectivity index (χ4n) is 2.71. The van der Waals surface area contributed by atoms with Crippen LogP contribution in [0, 0.1) is 5.92 Å². The third kappa shape index (κ3) is 2.91. The van der Waals surface area contributed by atoms with E-state index in [2.05, 4.69) is 5.32 Å². The van der Waals surface area contributed by atoms with Crippen LogP contribution in [-0.2, 0) is 9.84 Å². The van der Waals surface area contributed by atoms with Gasteiger partial charge in [-0.3, -0.25) is 0 Å². The van der Waals surface area contributed by atoms with Crippen LogP contribution in [0.4, 0.5) is 0 Å². The van der Waals surface area contributed by atoms with E-state index < -0.39 is 9.84 Å². The quantitative estimate of drug-likeness (QED) is 0.842. The van der Waals surface area contributed by atoms with Gasteiger partial charge in [0.15, 0.2) is 21.3 Å². The lowest BCUT2D eigenvalue weighted by Crippen LogP contribution is -2.26. The normalized spacial score (nSPS) is 28.6. The average Bonchev–Trinajstić information content (AvgIpc) is 2.55. The second-order valence-electron chi connectivity index (χ2n) is 5.55. The highest BCUT2D eigenvalue weighted by atomic mass is 32.2. The molecule has 5 nitrogen and oxygen atoms in total. The summed E-state index contributed by atoms with van der Waals surface area (Å²) >= 11 is 0. The van der Waals surface area contributed by atoms with E-state index >= 15 is 0 Å². The first-order valence-electron chi connectivity index (χ1n) is 6.87. The van der Waals surface area contributed by atoms with Crippen LogP contribution in [-0.4, -0.2) is 39.7 Å². The molecule has 1 aromatic carbocycles. The summed E-state index contributed by atoms with van der Waals surface area (Å²) < 4.78 is 35.2. The molecule has 0 saturated carbocycles. The molecule has 2 unspecified atom stereocenters. The number of fused-ring (bicyclic) bond motifs is 1. The molecule has 0 spiro atoms. The van der Waals surface area contributed by atoms with Crippen LogP contribution in [0.25, 0.3) is 0 Å². The van der Waals surface area contributed by atoms with Crippen molar-refractivity contribution in [3.05, 3.63) is 23.8 Å². The van der Waals surface area contributed by atoms with Crippen molar-refractivity contribution in [1.29, 1.82) is 0 Å². The first-order valence-corrected chi connectivity index (χ1v) is 8.69. The van der Waals surface area contributed by atoms with Crippen molar-refractivity contribution in [2.24, 2.45) is 5.92 Å². The number of benzene rings is 1. The highest BCUT2D eigenvalue weighted by molar-refractivity contribution is 7.91. The van der Waals surface area contributed by atoms with E-state index in [4.69, 9.17) is 9.47 Å². The third-order valence-corrected chi connectivity index (χ3v) is 5.56. The lowest BCUT2D eigenvalue weighted by molar-refractivity contribution is 0.171. The fourth-order valence-corrected chi connectivity index (χ4v) is 4.65. The molecule has 1 aromatic rings. The second kappa shape index (κ2) is 5.26. The van der Waals surface area contributed by atoms with Crippen molar-refractivity contribution in [2.75, 3.05) is 31.3 Å². The van der Waals surface area contributed by atoms with Gasteiger partial charge in [0.05, 0.1) is 11.5 Å². The minimum absolute atomic E-state index is 0.136. The molecule has 1 fully saturated rings.